The molecule has 2 rings (SSSR count). The van der Waals surface area contributed by atoms with Crippen LogP contribution in [0.15, 0.2) is 60.7 Å². The van der Waals surface area contributed by atoms with Crippen LogP contribution in [0, 0.1) is 0 Å². The first-order chi connectivity index (χ1) is 9.66. The summed E-state index contributed by atoms with van der Waals surface area (Å²) in [5.74, 6) is 0. The molecule has 3 heteroatoms. The van der Waals surface area contributed by atoms with Crippen molar-refractivity contribution in [2.75, 3.05) is 7.05 Å². The summed E-state index contributed by atoms with van der Waals surface area (Å²) in [7, 11) is 1.81. The number of benzene rings is 2. The van der Waals surface area contributed by atoms with Crippen molar-refractivity contribution in [3.8, 4) is 0 Å². The van der Waals surface area contributed by atoms with Gasteiger partial charge in [0, 0.05) is 13.6 Å². The highest BCUT2D eigenvalue weighted by Gasteiger charge is 2.13. The summed E-state index contributed by atoms with van der Waals surface area (Å²) in [4.78, 5) is 13.8. The van der Waals surface area contributed by atoms with Gasteiger partial charge in [0.25, 0.3) is 0 Å². The number of rotatable bonds is 4. The zero-order valence-electron chi connectivity index (χ0n) is 11.9. The third-order valence-corrected chi connectivity index (χ3v) is 3.25. The minimum atomic E-state index is -0.0646. The van der Waals surface area contributed by atoms with Gasteiger partial charge in [-0.2, -0.15) is 0 Å². The number of amides is 2. The molecular formula is C17H20N2O. The van der Waals surface area contributed by atoms with Crippen LogP contribution in [0.4, 0.5) is 4.79 Å². The molecule has 20 heavy (non-hydrogen) atoms. The Hall–Kier alpha value is -2.29. The number of hydrogen-bond donors (Lipinski definition) is 1. The number of nitrogens with one attached hydrogen (secondary N) is 1. The number of nitrogens with zero attached hydrogens (tertiary/aromatic N) is 1. The third kappa shape index (κ3) is 3.85. The first-order valence-electron chi connectivity index (χ1n) is 6.77. The third-order valence-electron chi connectivity index (χ3n) is 3.25. The van der Waals surface area contributed by atoms with Crippen molar-refractivity contribution in [1.82, 2.24) is 10.2 Å². The van der Waals surface area contributed by atoms with Gasteiger partial charge in [0.05, 0.1) is 6.04 Å². The van der Waals surface area contributed by atoms with E-state index in [1.54, 1.807) is 11.9 Å². The Kier molecular flexibility index (Phi) is 4.77. The van der Waals surface area contributed by atoms with Crippen LogP contribution in [0.3, 0.4) is 0 Å². The van der Waals surface area contributed by atoms with E-state index in [1.807, 2.05) is 67.6 Å². The number of carbonyl (C=O) groups is 1. The molecule has 2 aromatic rings. The average Bonchev–Trinajstić information content (AvgIpc) is 2.49. The van der Waals surface area contributed by atoms with Crippen molar-refractivity contribution < 1.29 is 4.79 Å². The molecule has 0 aliphatic heterocycles. The highest BCUT2D eigenvalue weighted by Crippen LogP contribution is 2.12. The molecule has 0 radical (unpaired) electrons. The second-order valence-electron chi connectivity index (χ2n) is 4.92. The van der Waals surface area contributed by atoms with Crippen LogP contribution >= 0.6 is 0 Å². The molecule has 1 atom stereocenters. The van der Waals surface area contributed by atoms with Crippen LogP contribution < -0.4 is 5.32 Å². The Morgan fingerprint density at radius 3 is 2.20 bits per heavy atom. The van der Waals surface area contributed by atoms with Crippen molar-refractivity contribution in [3.05, 3.63) is 71.8 Å². The molecule has 0 bridgehead atoms. The molecule has 0 saturated carbocycles. The van der Waals surface area contributed by atoms with Gasteiger partial charge in [0.1, 0.15) is 0 Å². The number of hydrogen-bond acceptors (Lipinski definition) is 1. The zero-order chi connectivity index (χ0) is 14.4. The Morgan fingerprint density at radius 1 is 1.05 bits per heavy atom. The van der Waals surface area contributed by atoms with Gasteiger partial charge in [-0.15, -0.1) is 0 Å². The smallest absolute Gasteiger partial charge is 0.317 e. The van der Waals surface area contributed by atoms with Crippen LogP contribution in [0.1, 0.15) is 24.1 Å². The molecule has 0 aromatic heterocycles. The number of carbonyl (C=O) groups excluding carboxylic acids is 1. The Morgan fingerprint density at radius 2 is 1.60 bits per heavy atom. The molecule has 2 aromatic carbocycles. The van der Waals surface area contributed by atoms with E-state index in [9.17, 15) is 4.79 Å². The van der Waals surface area contributed by atoms with Crippen molar-refractivity contribution in [2.24, 2.45) is 0 Å². The summed E-state index contributed by atoms with van der Waals surface area (Å²) in [6.45, 7) is 2.60. The lowest BCUT2D eigenvalue weighted by Gasteiger charge is -2.21. The molecule has 3 nitrogen and oxygen atoms in total. The van der Waals surface area contributed by atoms with Crippen LogP contribution in [-0.2, 0) is 6.54 Å². The van der Waals surface area contributed by atoms with Gasteiger partial charge < -0.3 is 10.2 Å². The van der Waals surface area contributed by atoms with E-state index < -0.39 is 0 Å². The molecule has 0 spiro atoms. The standard InChI is InChI=1S/C17H20N2O/c1-14(16-11-7-4-8-12-16)18-17(20)19(2)13-15-9-5-3-6-10-15/h3-12,14H,13H2,1-2H3,(H,18,20). The van der Waals surface area contributed by atoms with Gasteiger partial charge in [-0.1, -0.05) is 60.7 Å². The molecule has 1 unspecified atom stereocenters. The van der Waals surface area contributed by atoms with Crippen LogP contribution in [0.5, 0.6) is 0 Å². The van der Waals surface area contributed by atoms with Gasteiger partial charge in [-0.05, 0) is 18.1 Å². The van der Waals surface area contributed by atoms with E-state index in [0.717, 1.165) is 11.1 Å². The molecule has 0 saturated heterocycles. The van der Waals surface area contributed by atoms with Gasteiger partial charge in [0.15, 0.2) is 0 Å². The summed E-state index contributed by atoms with van der Waals surface area (Å²) in [5, 5.41) is 3.00. The minimum Gasteiger partial charge on any atom is -0.331 e. The van der Waals surface area contributed by atoms with Crippen molar-refractivity contribution in [1.29, 1.82) is 0 Å². The Balaban J connectivity index is 1.91. The van der Waals surface area contributed by atoms with Gasteiger partial charge in [-0.25, -0.2) is 4.79 Å². The fraction of sp³-hybridized carbons (Fsp3) is 0.235. The Bertz CT molecular complexity index is 539. The lowest BCUT2D eigenvalue weighted by molar-refractivity contribution is 0.203. The van der Waals surface area contributed by atoms with Crippen molar-refractivity contribution in [2.45, 2.75) is 19.5 Å². The SMILES string of the molecule is CC(NC(=O)N(C)Cc1ccccc1)c1ccccc1. The Labute approximate surface area is 120 Å². The summed E-state index contributed by atoms with van der Waals surface area (Å²) >= 11 is 0. The number of urea groups is 1. The maximum absolute atomic E-state index is 12.1. The van der Waals surface area contributed by atoms with Crippen LogP contribution in [0.25, 0.3) is 0 Å². The fourth-order valence-corrected chi connectivity index (χ4v) is 2.05. The monoisotopic (exact) mass is 268 g/mol. The highest BCUT2D eigenvalue weighted by molar-refractivity contribution is 5.74. The summed E-state index contributed by atoms with van der Waals surface area (Å²) in [6, 6.07) is 19.9. The molecule has 104 valence electrons. The van der Waals surface area contributed by atoms with Gasteiger partial charge >= 0.3 is 6.03 Å². The lowest BCUT2D eigenvalue weighted by atomic mass is 10.1. The van der Waals surface area contributed by atoms with Crippen molar-refractivity contribution in [3.63, 3.8) is 0 Å². The summed E-state index contributed by atoms with van der Waals surface area (Å²) in [6.07, 6.45) is 0. The predicted octanol–water partition coefficient (Wildman–Crippen LogP) is 3.59. The first kappa shape index (κ1) is 14.1. The van der Waals surface area contributed by atoms with Gasteiger partial charge in [0.2, 0.25) is 0 Å². The molecule has 0 aliphatic carbocycles. The normalized spacial score (nSPS) is 11.7. The average molecular weight is 268 g/mol. The summed E-state index contributed by atoms with van der Waals surface area (Å²) in [5.41, 5.74) is 2.23. The molecule has 0 fully saturated rings. The molecule has 1 N–H and O–H groups in total. The molecule has 0 heterocycles. The lowest BCUT2D eigenvalue weighted by Crippen LogP contribution is -2.38. The quantitative estimate of drug-likeness (QED) is 0.903. The van der Waals surface area contributed by atoms with Crippen LogP contribution in [-0.4, -0.2) is 18.0 Å². The second-order valence-corrected chi connectivity index (χ2v) is 4.92. The van der Waals surface area contributed by atoms with E-state index in [0.29, 0.717) is 6.54 Å². The largest absolute Gasteiger partial charge is 0.331 e. The van der Waals surface area contributed by atoms with Crippen molar-refractivity contribution >= 4 is 6.03 Å². The molecule has 0 aliphatic rings. The topological polar surface area (TPSA) is 32.3 Å². The first-order valence-corrected chi connectivity index (χ1v) is 6.77. The fourth-order valence-electron chi connectivity index (χ4n) is 2.05. The van der Waals surface area contributed by atoms with E-state index in [4.69, 9.17) is 0 Å². The maximum atomic E-state index is 12.1. The molecule has 2 amide bonds. The minimum absolute atomic E-state index is 0.00178. The predicted molar refractivity (Wildman–Crippen MR) is 81.3 cm³/mol. The summed E-state index contributed by atoms with van der Waals surface area (Å²) < 4.78 is 0. The van der Waals surface area contributed by atoms with E-state index in [-0.39, 0.29) is 12.1 Å². The van der Waals surface area contributed by atoms with Gasteiger partial charge in [-0.3, -0.25) is 0 Å². The maximum Gasteiger partial charge on any atom is 0.317 e. The van der Waals surface area contributed by atoms with E-state index in [2.05, 4.69) is 5.32 Å². The van der Waals surface area contributed by atoms with E-state index in [1.165, 1.54) is 0 Å². The zero-order valence-corrected chi connectivity index (χ0v) is 11.9. The molecular weight excluding hydrogens is 248 g/mol. The van der Waals surface area contributed by atoms with E-state index >= 15 is 0 Å². The highest BCUT2D eigenvalue weighted by atomic mass is 16.2. The van der Waals surface area contributed by atoms with Crippen LogP contribution in [0.2, 0.25) is 0 Å². The second kappa shape index (κ2) is 6.75.